The van der Waals surface area contributed by atoms with Crippen LogP contribution in [0.15, 0.2) is 117 Å². The fraction of sp³-hybridized carbons (Fsp3) is 0.0357. The number of hydrogen-bond acceptors (Lipinski definition) is 5. The van der Waals surface area contributed by atoms with Crippen LogP contribution in [0.1, 0.15) is 5.56 Å². The summed E-state index contributed by atoms with van der Waals surface area (Å²) < 4.78 is 24.0. The van der Waals surface area contributed by atoms with E-state index in [1.54, 1.807) is 24.3 Å². The van der Waals surface area contributed by atoms with Gasteiger partial charge >= 0.3 is 0 Å². The van der Waals surface area contributed by atoms with Crippen LogP contribution in [0.5, 0.6) is 28.7 Å². The van der Waals surface area contributed by atoms with E-state index in [0.717, 1.165) is 21.5 Å². The fourth-order valence-electron chi connectivity index (χ4n) is 3.39. The maximum absolute atomic E-state index is 12.9. The van der Waals surface area contributed by atoms with E-state index < -0.39 is 0 Å². The van der Waals surface area contributed by atoms with E-state index in [9.17, 15) is 4.79 Å². The first-order valence-corrected chi connectivity index (χ1v) is 11.4. The van der Waals surface area contributed by atoms with E-state index in [0.29, 0.717) is 29.1 Å². The Morgan fingerprint density at radius 2 is 1.50 bits per heavy atom. The lowest BCUT2D eigenvalue weighted by molar-refractivity contribution is 0.305. The fourth-order valence-corrected chi connectivity index (χ4v) is 3.75. The molecule has 5 rings (SSSR count). The third-order valence-electron chi connectivity index (χ3n) is 5.05. The average molecular weight is 515 g/mol. The molecule has 5 nitrogen and oxygen atoms in total. The lowest BCUT2D eigenvalue weighted by Crippen LogP contribution is -2.05. The van der Waals surface area contributed by atoms with Gasteiger partial charge in [-0.25, -0.2) is 0 Å². The summed E-state index contributed by atoms with van der Waals surface area (Å²) >= 11 is 3.41. The molecule has 0 aliphatic rings. The molecule has 4 aromatic carbocycles. The second kappa shape index (κ2) is 9.85. The van der Waals surface area contributed by atoms with Crippen molar-refractivity contribution in [3.8, 4) is 28.7 Å². The molecule has 34 heavy (non-hydrogen) atoms. The summed E-state index contributed by atoms with van der Waals surface area (Å²) in [6.07, 6.45) is 1.32. The standard InChI is InChI=1S/C28H19BrO5/c29-24-11-4-5-12-25(24)34-27-18-32-26-16-21(13-14-23(26)28(27)30)31-17-19-7-6-10-22(15-19)33-20-8-2-1-3-9-20/h1-16,18H,17H2. The van der Waals surface area contributed by atoms with Crippen LogP contribution in [0.4, 0.5) is 0 Å². The molecule has 0 atom stereocenters. The summed E-state index contributed by atoms with van der Waals surface area (Å²) in [6, 6.07) is 29.7. The van der Waals surface area contributed by atoms with E-state index in [-0.39, 0.29) is 11.2 Å². The van der Waals surface area contributed by atoms with Gasteiger partial charge < -0.3 is 18.6 Å². The van der Waals surface area contributed by atoms with Crippen LogP contribution < -0.4 is 19.6 Å². The van der Waals surface area contributed by atoms with Crippen molar-refractivity contribution >= 4 is 26.9 Å². The minimum Gasteiger partial charge on any atom is -0.489 e. The number of hydrogen-bond donors (Lipinski definition) is 0. The molecule has 5 aromatic rings. The van der Waals surface area contributed by atoms with Crippen molar-refractivity contribution < 1.29 is 18.6 Å². The van der Waals surface area contributed by atoms with Gasteiger partial charge in [-0.2, -0.15) is 0 Å². The Labute approximate surface area is 204 Å². The second-order valence-electron chi connectivity index (χ2n) is 7.47. The quantitative estimate of drug-likeness (QED) is 0.222. The van der Waals surface area contributed by atoms with Crippen LogP contribution in [0.2, 0.25) is 0 Å². The number of ether oxygens (including phenoxy) is 3. The summed E-state index contributed by atoms with van der Waals surface area (Å²) in [5, 5.41) is 0.412. The van der Waals surface area contributed by atoms with Crippen LogP contribution in [-0.4, -0.2) is 0 Å². The third kappa shape index (κ3) is 4.97. The second-order valence-corrected chi connectivity index (χ2v) is 8.33. The molecule has 0 saturated carbocycles. The van der Waals surface area contributed by atoms with E-state index in [4.69, 9.17) is 18.6 Å². The predicted octanol–water partition coefficient (Wildman–Crippen LogP) is 7.72. The van der Waals surface area contributed by atoms with Gasteiger partial charge in [-0.3, -0.25) is 4.79 Å². The summed E-state index contributed by atoms with van der Waals surface area (Å²) in [4.78, 5) is 12.9. The molecule has 0 fully saturated rings. The maximum atomic E-state index is 12.9. The molecule has 0 saturated heterocycles. The van der Waals surface area contributed by atoms with Crippen LogP contribution in [0.25, 0.3) is 11.0 Å². The van der Waals surface area contributed by atoms with Crippen molar-refractivity contribution in [2.45, 2.75) is 6.61 Å². The van der Waals surface area contributed by atoms with Gasteiger partial charge in [0.15, 0.2) is 0 Å². The van der Waals surface area contributed by atoms with Crippen molar-refractivity contribution in [1.82, 2.24) is 0 Å². The molecule has 1 aromatic heterocycles. The van der Waals surface area contributed by atoms with Crippen LogP contribution in [-0.2, 0) is 6.61 Å². The zero-order chi connectivity index (χ0) is 23.3. The highest BCUT2D eigenvalue weighted by Crippen LogP contribution is 2.29. The van der Waals surface area contributed by atoms with Crippen molar-refractivity contribution in [3.63, 3.8) is 0 Å². The minimum absolute atomic E-state index is 0.114. The summed E-state index contributed by atoms with van der Waals surface area (Å²) in [5.41, 5.74) is 1.12. The van der Waals surface area contributed by atoms with E-state index in [1.165, 1.54) is 6.26 Å². The summed E-state index contributed by atoms with van der Waals surface area (Å²) in [5.74, 6) is 2.74. The van der Waals surface area contributed by atoms with Gasteiger partial charge in [0.2, 0.25) is 11.2 Å². The molecule has 6 heteroatoms. The van der Waals surface area contributed by atoms with Gasteiger partial charge in [-0.15, -0.1) is 0 Å². The maximum Gasteiger partial charge on any atom is 0.235 e. The predicted molar refractivity (Wildman–Crippen MR) is 134 cm³/mol. The van der Waals surface area contributed by atoms with Gasteiger partial charge in [-0.05, 0) is 70.0 Å². The van der Waals surface area contributed by atoms with Gasteiger partial charge in [0.1, 0.15) is 41.5 Å². The monoisotopic (exact) mass is 514 g/mol. The minimum atomic E-state index is -0.255. The van der Waals surface area contributed by atoms with E-state index in [2.05, 4.69) is 15.9 Å². The van der Waals surface area contributed by atoms with Crippen molar-refractivity contribution in [2.75, 3.05) is 0 Å². The Morgan fingerprint density at radius 1 is 0.706 bits per heavy atom. The number of rotatable bonds is 7. The Balaban J connectivity index is 1.30. The van der Waals surface area contributed by atoms with Crippen LogP contribution >= 0.6 is 15.9 Å². The first kappa shape index (κ1) is 21.8. The van der Waals surface area contributed by atoms with Crippen LogP contribution in [0, 0.1) is 0 Å². The smallest absolute Gasteiger partial charge is 0.235 e. The summed E-state index contributed by atoms with van der Waals surface area (Å²) in [7, 11) is 0. The molecule has 0 aliphatic carbocycles. The number of para-hydroxylation sites is 2. The molecule has 1 heterocycles. The highest BCUT2D eigenvalue weighted by Gasteiger charge is 2.12. The van der Waals surface area contributed by atoms with Gasteiger partial charge in [0.05, 0.1) is 9.86 Å². The highest BCUT2D eigenvalue weighted by atomic mass is 79.9. The molecule has 0 spiro atoms. The highest BCUT2D eigenvalue weighted by molar-refractivity contribution is 9.10. The van der Waals surface area contributed by atoms with E-state index in [1.807, 2.05) is 72.8 Å². The summed E-state index contributed by atoms with van der Waals surface area (Å²) in [6.45, 7) is 0.338. The van der Waals surface area contributed by atoms with Gasteiger partial charge in [0.25, 0.3) is 0 Å². The molecular formula is C28H19BrO5. The number of benzene rings is 4. The average Bonchev–Trinajstić information content (AvgIpc) is 2.86. The lowest BCUT2D eigenvalue weighted by atomic mass is 10.2. The Bertz CT molecular complexity index is 1490. The number of halogens is 1. The van der Waals surface area contributed by atoms with Gasteiger partial charge in [0, 0.05) is 6.07 Å². The number of fused-ring (bicyclic) bond motifs is 1. The SMILES string of the molecule is O=c1c(Oc2ccccc2Br)coc2cc(OCc3cccc(Oc4ccccc4)c3)ccc12. The van der Waals surface area contributed by atoms with E-state index >= 15 is 0 Å². The molecule has 0 N–H and O–H groups in total. The van der Waals surface area contributed by atoms with Crippen molar-refractivity contribution in [3.05, 3.63) is 124 Å². The molecule has 168 valence electrons. The molecule has 0 amide bonds. The molecule has 0 aliphatic heterocycles. The first-order chi connectivity index (χ1) is 16.7. The normalized spacial score (nSPS) is 10.7. The molecule has 0 radical (unpaired) electrons. The Kier molecular flexibility index (Phi) is 6.31. The zero-order valence-electron chi connectivity index (χ0n) is 17.9. The Hall–Kier alpha value is -4.03. The largest absolute Gasteiger partial charge is 0.489 e. The first-order valence-electron chi connectivity index (χ1n) is 10.6. The Morgan fingerprint density at radius 3 is 2.35 bits per heavy atom. The zero-order valence-corrected chi connectivity index (χ0v) is 19.5. The van der Waals surface area contributed by atoms with Gasteiger partial charge in [-0.1, -0.05) is 42.5 Å². The van der Waals surface area contributed by atoms with Crippen LogP contribution in [0.3, 0.4) is 0 Å². The van der Waals surface area contributed by atoms with Crippen molar-refractivity contribution in [2.24, 2.45) is 0 Å². The molecule has 0 unspecified atom stereocenters. The third-order valence-corrected chi connectivity index (χ3v) is 5.71. The molecule has 0 bridgehead atoms. The topological polar surface area (TPSA) is 57.9 Å². The lowest BCUT2D eigenvalue weighted by Gasteiger charge is -2.10. The van der Waals surface area contributed by atoms with Crippen molar-refractivity contribution in [1.29, 1.82) is 0 Å². The molecular weight excluding hydrogens is 496 g/mol.